The summed E-state index contributed by atoms with van der Waals surface area (Å²) in [7, 11) is 3.13. The number of ether oxygens (including phenoxy) is 3. The van der Waals surface area contributed by atoms with E-state index in [0.717, 1.165) is 11.3 Å². The predicted octanol–water partition coefficient (Wildman–Crippen LogP) is 3.18. The second-order valence-corrected chi connectivity index (χ2v) is 4.49. The Kier molecular flexibility index (Phi) is 5.06. The molecule has 4 nitrogen and oxygen atoms in total. The molecule has 0 saturated heterocycles. The molecule has 2 aromatic rings. The SMILES string of the molecule is CCOc1cccc(C(O)c2cccc(OC)c2OC)c1. The number of hydrogen-bond donors (Lipinski definition) is 1. The van der Waals surface area contributed by atoms with Gasteiger partial charge in [-0.15, -0.1) is 0 Å². The minimum atomic E-state index is -0.810. The fourth-order valence-corrected chi connectivity index (χ4v) is 2.25. The Morgan fingerprint density at radius 1 is 1.05 bits per heavy atom. The predicted molar refractivity (Wildman–Crippen MR) is 81.2 cm³/mol. The molecule has 112 valence electrons. The van der Waals surface area contributed by atoms with Gasteiger partial charge in [-0.2, -0.15) is 0 Å². The van der Waals surface area contributed by atoms with Gasteiger partial charge in [0.25, 0.3) is 0 Å². The van der Waals surface area contributed by atoms with E-state index in [1.54, 1.807) is 20.3 Å². The van der Waals surface area contributed by atoms with Crippen molar-refractivity contribution < 1.29 is 19.3 Å². The Labute approximate surface area is 124 Å². The monoisotopic (exact) mass is 288 g/mol. The second kappa shape index (κ2) is 6.99. The van der Waals surface area contributed by atoms with Crippen molar-refractivity contribution in [2.45, 2.75) is 13.0 Å². The zero-order valence-corrected chi connectivity index (χ0v) is 12.5. The summed E-state index contributed by atoms with van der Waals surface area (Å²) >= 11 is 0. The summed E-state index contributed by atoms with van der Waals surface area (Å²) in [5.74, 6) is 1.86. The highest BCUT2D eigenvalue weighted by Crippen LogP contribution is 2.37. The highest BCUT2D eigenvalue weighted by molar-refractivity contribution is 5.50. The van der Waals surface area contributed by atoms with Crippen molar-refractivity contribution in [3.05, 3.63) is 53.6 Å². The quantitative estimate of drug-likeness (QED) is 0.887. The van der Waals surface area contributed by atoms with Gasteiger partial charge in [0.05, 0.1) is 20.8 Å². The maximum atomic E-state index is 10.6. The van der Waals surface area contributed by atoms with Crippen LogP contribution in [0, 0.1) is 0 Å². The van der Waals surface area contributed by atoms with Crippen molar-refractivity contribution >= 4 is 0 Å². The molecule has 2 aromatic carbocycles. The van der Waals surface area contributed by atoms with E-state index in [-0.39, 0.29) is 0 Å². The minimum Gasteiger partial charge on any atom is -0.494 e. The summed E-state index contributed by atoms with van der Waals surface area (Å²) in [6, 6.07) is 12.8. The Hall–Kier alpha value is -2.20. The Bertz CT molecular complexity index is 595. The lowest BCUT2D eigenvalue weighted by Crippen LogP contribution is -2.04. The lowest BCUT2D eigenvalue weighted by atomic mass is 10.00. The van der Waals surface area contributed by atoms with Crippen LogP contribution in [-0.4, -0.2) is 25.9 Å². The van der Waals surface area contributed by atoms with E-state index in [0.29, 0.717) is 23.7 Å². The van der Waals surface area contributed by atoms with Crippen LogP contribution in [0.1, 0.15) is 24.2 Å². The number of para-hydroxylation sites is 1. The van der Waals surface area contributed by atoms with Gasteiger partial charge in [-0.1, -0.05) is 24.3 Å². The summed E-state index contributed by atoms with van der Waals surface area (Å²) in [5, 5.41) is 10.6. The molecular weight excluding hydrogens is 268 g/mol. The third kappa shape index (κ3) is 3.28. The summed E-state index contributed by atoms with van der Waals surface area (Å²) in [6.45, 7) is 2.51. The molecule has 0 heterocycles. The fraction of sp³-hybridized carbons (Fsp3) is 0.294. The molecule has 0 aliphatic carbocycles. The molecule has 0 amide bonds. The van der Waals surface area contributed by atoms with E-state index >= 15 is 0 Å². The number of aliphatic hydroxyl groups excluding tert-OH is 1. The molecule has 1 N–H and O–H groups in total. The second-order valence-electron chi connectivity index (χ2n) is 4.49. The van der Waals surface area contributed by atoms with Gasteiger partial charge < -0.3 is 19.3 Å². The summed E-state index contributed by atoms with van der Waals surface area (Å²) in [6.07, 6.45) is -0.810. The Morgan fingerprint density at radius 3 is 2.48 bits per heavy atom. The first-order valence-electron chi connectivity index (χ1n) is 6.83. The number of rotatable bonds is 6. The van der Waals surface area contributed by atoms with Crippen LogP contribution >= 0.6 is 0 Å². The largest absolute Gasteiger partial charge is 0.494 e. The van der Waals surface area contributed by atoms with Crippen molar-refractivity contribution in [2.24, 2.45) is 0 Å². The normalized spacial score (nSPS) is 11.8. The molecule has 4 heteroatoms. The molecule has 1 unspecified atom stereocenters. The van der Waals surface area contributed by atoms with Crippen LogP contribution in [0.15, 0.2) is 42.5 Å². The molecule has 21 heavy (non-hydrogen) atoms. The first-order chi connectivity index (χ1) is 10.2. The Morgan fingerprint density at radius 2 is 1.81 bits per heavy atom. The average molecular weight is 288 g/mol. The Balaban J connectivity index is 2.39. The van der Waals surface area contributed by atoms with Crippen LogP contribution in [0.3, 0.4) is 0 Å². The fourth-order valence-electron chi connectivity index (χ4n) is 2.25. The van der Waals surface area contributed by atoms with Gasteiger partial charge in [0.15, 0.2) is 11.5 Å². The summed E-state index contributed by atoms with van der Waals surface area (Å²) in [5.41, 5.74) is 1.40. The van der Waals surface area contributed by atoms with E-state index in [1.807, 2.05) is 43.3 Å². The highest BCUT2D eigenvalue weighted by Gasteiger charge is 2.18. The van der Waals surface area contributed by atoms with Gasteiger partial charge in [-0.05, 0) is 30.7 Å². The number of aliphatic hydroxyl groups is 1. The van der Waals surface area contributed by atoms with Crippen LogP contribution in [0.2, 0.25) is 0 Å². The lowest BCUT2D eigenvalue weighted by Gasteiger charge is -2.18. The summed E-state index contributed by atoms with van der Waals surface area (Å²) < 4.78 is 16.1. The maximum absolute atomic E-state index is 10.6. The molecule has 0 aliphatic rings. The third-order valence-electron chi connectivity index (χ3n) is 3.21. The topological polar surface area (TPSA) is 47.9 Å². The lowest BCUT2D eigenvalue weighted by molar-refractivity contribution is 0.212. The molecule has 0 saturated carbocycles. The number of benzene rings is 2. The van der Waals surface area contributed by atoms with Gasteiger partial charge in [0.1, 0.15) is 11.9 Å². The molecule has 2 rings (SSSR count). The molecule has 0 aromatic heterocycles. The van der Waals surface area contributed by atoms with Gasteiger partial charge in [0.2, 0.25) is 0 Å². The standard InChI is InChI=1S/C17H20O4/c1-4-21-13-8-5-7-12(11-13)16(18)14-9-6-10-15(19-2)17(14)20-3/h5-11,16,18H,4H2,1-3H3. The van der Waals surface area contributed by atoms with Crippen LogP contribution in [0.25, 0.3) is 0 Å². The van der Waals surface area contributed by atoms with Crippen molar-refractivity contribution in [3.63, 3.8) is 0 Å². The zero-order valence-electron chi connectivity index (χ0n) is 12.5. The first kappa shape index (κ1) is 15.2. The van der Waals surface area contributed by atoms with Gasteiger partial charge in [0, 0.05) is 5.56 Å². The number of hydrogen-bond acceptors (Lipinski definition) is 4. The van der Waals surface area contributed by atoms with E-state index in [4.69, 9.17) is 14.2 Å². The van der Waals surface area contributed by atoms with Crippen LogP contribution in [-0.2, 0) is 0 Å². The minimum absolute atomic E-state index is 0.536. The van der Waals surface area contributed by atoms with Crippen molar-refractivity contribution in [1.82, 2.24) is 0 Å². The van der Waals surface area contributed by atoms with Crippen molar-refractivity contribution in [1.29, 1.82) is 0 Å². The third-order valence-corrected chi connectivity index (χ3v) is 3.21. The summed E-state index contributed by atoms with van der Waals surface area (Å²) in [4.78, 5) is 0. The zero-order chi connectivity index (χ0) is 15.2. The van der Waals surface area contributed by atoms with Crippen molar-refractivity contribution in [3.8, 4) is 17.2 Å². The van der Waals surface area contributed by atoms with E-state index in [9.17, 15) is 5.11 Å². The van der Waals surface area contributed by atoms with Gasteiger partial charge >= 0.3 is 0 Å². The molecule has 0 aliphatic heterocycles. The van der Waals surface area contributed by atoms with Crippen LogP contribution < -0.4 is 14.2 Å². The highest BCUT2D eigenvalue weighted by atomic mass is 16.5. The smallest absolute Gasteiger partial charge is 0.166 e. The molecule has 0 bridgehead atoms. The average Bonchev–Trinajstić information content (AvgIpc) is 2.53. The van der Waals surface area contributed by atoms with E-state index in [1.165, 1.54) is 0 Å². The molecule has 0 spiro atoms. The molecule has 1 atom stereocenters. The van der Waals surface area contributed by atoms with E-state index < -0.39 is 6.10 Å². The molecule has 0 radical (unpaired) electrons. The molecular formula is C17H20O4. The van der Waals surface area contributed by atoms with E-state index in [2.05, 4.69) is 0 Å². The van der Waals surface area contributed by atoms with Crippen LogP contribution in [0.5, 0.6) is 17.2 Å². The number of methoxy groups -OCH3 is 2. The van der Waals surface area contributed by atoms with Crippen molar-refractivity contribution in [2.75, 3.05) is 20.8 Å². The maximum Gasteiger partial charge on any atom is 0.166 e. The van der Waals surface area contributed by atoms with Gasteiger partial charge in [-0.3, -0.25) is 0 Å². The van der Waals surface area contributed by atoms with Gasteiger partial charge in [-0.25, -0.2) is 0 Å². The van der Waals surface area contributed by atoms with Crippen LogP contribution in [0.4, 0.5) is 0 Å². The molecule has 0 fully saturated rings. The first-order valence-corrected chi connectivity index (χ1v) is 6.83.